The fraction of sp³-hybridized carbons (Fsp3) is 0.550. The number of guanidine groups is 1. The third-order valence-electron chi connectivity index (χ3n) is 5.92. The summed E-state index contributed by atoms with van der Waals surface area (Å²) in [7, 11) is 1.87. The zero-order chi connectivity index (χ0) is 17.4. The van der Waals surface area contributed by atoms with E-state index in [9.17, 15) is 0 Å². The molecule has 0 saturated carbocycles. The molecule has 4 heteroatoms. The van der Waals surface area contributed by atoms with E-state index in [1.54, 1.807) is 0 Å². The number of nitrogens with zero attached hydrogens (tertiary/aromatic N) is 3. The van der Waals surface area contributed by atoms with Gasteiger partial charge in [-0.25, -0.2) is 0 Å². The van der Waals surface area contributed by atoms with Crippen LogP contribution in [0.5, 0.6) is 0 Å². The molecule has 0 amide bonds. The lowest BCUT2D eigenvalue weighted by atomic mass is 9.65. The smallest absolute Gasteiger partial charge is 0.194 e. The molecule has 0 radical (unpaired) electrons. The number of benzene rings is 1. The second-order valence-corrected chi connectivity index (χ2v) is 7.97. The van der Waals surface area contributed by atoms with E-state index in [0.717, 1.165) is 32.1 Å². The molecule has 2 aliphatic rings. The van der Waals surface area contributed by atoms with Crippen molar-refractivity contribution in [2.24, 2.45) is 10.4 Å². The maximum atomic E-state index is 4.48. The summed E-state index contributed by atoms with van der Waals surface area (Å²) in [5.41, 5.74) is 3.01. The molecule has 4 nitrogen and oxygen atoms in total. The lowest BCUT2D eigenvalue weighted by Gasteiger charge is -2.62. The first-order valence-corrected chi connectivity index (χ1v) is 8.82. The van der Waals surface area contributed by atoms with Crippen LogP contribution in [0, 0.1) is 5.41 Å². The highest BCUT2D eigenvalue weighted by atomic mass is 15.4. The number of aliphatic imine (C=N–C) groups is 1. The zero-order valence-corrected chi connectivity index (χ0v) is 15.6. The SMILES string of the molecule is CN=C(NCc1ccc(N2CC=CC2)cc1)N1CC(C)(C)C1(C)C. The first-order chi connectivity index (χ1) is 11.3. The van der Waals surface area contributed by atoms with Gasteiger partial charge in [0.1, 0.15) is 0 Å². The van der Waals surface area contributed by atoms with Crippen molar-refractivity contribution >= 4 is 11.6 Å². The minimum atomic E-state index is 0.126. The summed E-state index contributed by atoms with van der Waals surface area (Å²) in [4.78, 5) is 9.22. The highest BCUT2D eigenvalue weighted by Crippen LogP contribution is 2.46. The van der Waals surface area contributed by atoms with Crippen molar-refractivity contribution < 1.29 is 0 Å². The van der Waals surface area contributed by atoms with Crippen molar-refractivity contribution in [3.63, 3.8) is 0 Å². The number of likely N-dealkylation sites (tertiary alicyclic amines) is 1. The molecule has 24 heavy (non-hydrogen) atoms. The van der Waals surface area contributed by atoms with Crippen LogP contribution in [0.25, 0.3) is 0 Å². The molecule has 1 N–H and O–H groups in total. The molecule has 3 rings (SSSR count). The van der Waals surface area contributed by atoms with Gasteiger partial charge in [0.05, 0.1) is 0 Å². The molecule has 130 valence electrons. The predicted octanol–water partition coefficient (Wildman–Crippen LogP) is 3.26. The van der Waals surface area contributed by atoms with Crippen molar-refractivity contribution in [2.75, 3.05) is 31.6 Å². The number of hydrogen-bond acceptors (Lipinski definition) is 2. The average molecular weight is 326 g/mol. The summed E-state index contributed by atoms with van der Waals surface area (Å²) in [6.07, 6.45) is 4.44. The molecule has 0 aromatic heterocycles. The standard InChI is InChI=1S/C20H30N4/c1-19(2)15-24(20(19,3)4)18(21-5)22-14-16-8-10-17(11-9-16)23-12-6-7-13-23/h6-11H,12-15H2,1-5H3,(H,21,22). The lowest BCUT2D eigenvalue weighted by molar-refractivity contribution is -0.0667. The Morgan fingerprint density at radius 1 is 1.08 bits per heavy atom. The molecule has 0 spiro atoms. The van der Waals surface area contributed by atoms with E-state index in [1.807, 2.05) is 7.05 Å². The van der Waals surface area contributed by atoms with Gasteiger partial charge in [0, 0.05) is 49.9 Å². The molecule has 1 aromatic carbocycles. The lowest BCUT2D eigenvalue weighted by Crippen LogP contribution is -2.72. The highest BCUT2D eigenvalue weighted by molar-refractivity contribution is 5.82. The molecular weight excluding hydrogens is 296 g/mol. The topological polar surface area (TPSA) is 30.9 Å². The van der Waals surface area contributed by atoms with E-state index in [-0.39, 0.29) is 5.54 Å². The number of hydrogen-bond donors (Lipinski definition) is 1. The third kappa shape index (κ3) is 2.90. The minimum absolute atomic E-state index is 0.126. The Morgan fingerprint density at radius 2 is 1.71 bits per heavy atom. The van der Waals surface area contributed by atoms with Crippen LogP contribution in [-0.4, -0.2) is 43.1 Å². The first kappa shape index (κ1) is 16.9. The number of rotatable bonds is 3. The van der Waals surface area contributed by atoms with E-state index in [0.29, 0.717) is 5.41 Å². The Kier molecular flexibility index (Phi) is 4.33. The van der Waals surface area contributed by atoms with Gasteiger partial charge in [-0.15, -0.1) is 0 Å². The molecular formula is C20H30N4. The maximum absolute atomic E-state index is 4.48. The van der Waals surface area contributed by atoms with Crippen LogP contribution in [0.1, 0.15) is 33.3 Å². The van der Waals surface area contributed by atoms with Gasteiger partial charge in [0.15, 0.2) is 5.96 Å². The van der Waals surface area contributed by atoms with Crippen molar-refractivity contribution in [1.82, 2.24) is 10.2 Å². The van der Waals surface area contributed by atoms with Crippen LogP contribution < -0.4 is 10.2 Å². The molecule has 0 aliphatic carbocycles. The van der Waals surface area contributed by atoms with Crippen LogP contribution in [0.3, 0.4) is 0 Å². The monoisotopic (exact) mass is 326 g/mol. The van der Waals surface area contributed by atoms with Crippen molar-refractivity contribution in [2.45, 2.75) is 39.8 Å². The van der Waals surface area contributed by atoms with Crippen LogP contribution in [0.15, 0.2) is 41.4 Å². The molecule has 0 bridgehead atoms. The van der Waals surface area contributed by atoms with E-state index >= 15 is 0 Å². The zero-order valence-electron chi connectivity index (χ0n) is 15.6. The van der Waals surface area contributed by atoms with Gasteiger partial charge in [-0.05, 0) is 31.5 Å². The van der Waals surface area contributed by atoms with Gasteiger partial charge >= 0.3 is 0 Å². The van der Waals surface area contributed by atoms with Crippen molar-refractivity contribution in [1.29, 1.82) is 0 Å². The molecule has 0 atom stereocenters. The molecule has 1 fully saturated rings. The fourth-order valence-corrected chi connectivity index (χ4v) is 3.39. The Labute approximate surface area is 146 Å². The molecule has 0 unspecified atom stereocenters. The predicted molar refractivity (Wildman–Crippen MR) is 103 cm³/mol. The number of anilines is 1. The molecule has 2 heterocycles. The van der Waals surface area contributed by atoms with Gasteiger partial charge in [0.25, 0.3) is 0 Å². The summed E-state index contributed by atoms with van der Waals surface area (Å²) in [5, 5.41) is 3.52. The van der Waals surface area contributed by atoms with Gasteiger partial charge < -0.3 is 15.1 Å². The Hall–Kier alpha value is -1.97. The van der Waals surface area contributed by atoms with Crippen molar-refractivity contribution in [3.05, 3.63) is 42.0 Å². The fourth-order valence-electron chi connectivity index (χ4n) is 3.39. The van der Waals surface area contributed by atoms with Crippen LogP contribution in [0.2, 0.25) is 0 Å². The van der Waals surface area contributed by atoms with Gasteiger partial charge in [-0.1, -0.05) is 38.1 Å². The van der Waals surface area contributed by atoms with E-state index in [4.69, 9.17) is 0 Å². The maximum Gasteiger partial charge on any atom is 0.194 e. The van der Waals surface area contributed by atoms with E-state index < -0.39 is 0 Å². The quantitative estimate of drug-likeness (QED) is 0.525. The minimum Gasteiger partial charge on any atom is -0.364 e. The second kappa shape index (κ2) is 6.15. The Morgan fingerprint density at radius 3 is 2.21 bits per heavy atom. The van der Waals surface area contributed by atoms with Gasteiger partial charge in [0.2, 0.25) is 0 Å². The Bertz CT molecular complexity index is 632. The first-order valence-electron chi connectivity index (χ1n) is 8.82. The second-order valence-electron chi connectivity index (χ2n) is 7.97. The normalized spacial score (nSPS) is 21.8. The summed E-state index contributed by atoms with van der Waals surface area (Å²) < 4.78 is 0. The van der Waals surface area contributed by atoms with Crippen molar-refractivity contribution in [3.8, 4) is 0 Å². The van der Waals surface area contributed by atoms with Crippen LogP contribution in [-0.2, 0) is 6.54 Å². The summed E-state index contributed by atoms with van der Waals surface area (Å²) in [6.45, 7) is 13.1. The van der Waals surface area contributed by atoms with E-state index in [2.05, 4.69) is 84.2 Å². The number of nitrogens with one attached hydrogen (secondary N) is 1. The summed E-state index contributed by atoms with van der Waals surface area (Å²) >= 11 is 0. The molecule has 1 aromatic rings. The third-order valence-corrected chi connectivity index (χ3v) is 5.92. The van der Waals surface area contributed by atoms with Gasteiger partial charge in [-0.3, -0.25) is 4.99 Å². The van der Waals surface area contributed by atoms with Gasteiger partial charge in [-0.2, -0.15) is 0 Å². The highest BCUT2D eigenvalue weighted by Gasteiger charge is 2.53. The summed E-state index contributed by atoms with van der Waals surface area (Å²) in [6, 6.07) is 8.84. The van der Waals surface area contributed by atoms with Crippen LogP contribution in [0.4, 0.5) is 5.69 Å². The summed E-state index contributed by atoms with van der Waals surface area (Å²) in [5.74, 6) is 0.993. The average Bonchev–Trinajstić information content (AvgIpc) is 3.09. The molecule has 1 saturated heterocycles. The molecule has 2 aliphatic heterocycles. The largest absolute Gasteiger partial charge is 0.364 e. The Balaban J connectivity index is 1.58. The van der Waals surface area contributed by atoms with E-state index in [1.165, 1.54) is 11.3 Å². The van der Waals surface area contributed by atoms with Crippen LogP contribution >= 0.6 is 0 Å².